The van der Waals surface area contributed by atoms with Crippen molar-refractivity contribution in [3.63, 3.8) is 0 Å². The van der Waals surface area contributed by atoms with Crippen LogP contribution in [0.3, 0.4) is 0 Å². The van der Waals surface area contributed by atoms with Gasteiger partial charge in [0.05, 0.1) is 17.9 Å². The quantitative estimate of drug-likeness (QED) is 0.750. The smallest absolute Gasteiger partial charge is 0.230 e. The second-order valence-corrected chi connectivity index (χ2v) is 7.33. The van der Waals surface area contributed by atoms with E-state index in [9.17, 15) is 9.59 Å². The first-order valence-corrected chi connectivity index (χ1v) is 8.26. The van der Waals surface area contributed by atoms with Crippen LogP contribution < -0.4 is 11.1 Å². The van der Waals surface area contributed by atoms with Crippen LogP contribution in [0.1, 0.15) is 31.3 Å². The van der Waals surface area contributed by atoms with E-state index in [1.165, 1.54) is 23.1 Å². The number of hydrogen-bond donors (Lipinski definition) is 2. The van der Waals surface area contributed by atoms with Gasteiger partial charge >= 0.3 is 0 Å². The Kier molecular flexibility index (Phi) is 6.48. The summed E-state index contributed by atoms with van der Waals surface area (Å²) in [5.74, 6) is 0.380. The molecule has 20 heavy (non-hydrogen) atoms. The number of carbonyl (C=O) groups is 2. The normalized spacial score (nSPS) is 12.4. The van der Waals surface area contributed by atoms with Gasteiger partial charge in [-0.3, -0.25) is 9.59 Å². The molecule has 0 aliphatic carbocycles. The number of thiazole rings is 1. The van der Waals surface area contributed by atoms with Crippen molar-refractivity contribution in [3.8, 4) is 0 Å². The van der Waals surface area contributed by atoms with Gasteiger partial charge in [0.1, 0.15) is 0 Å². The van der Waals surface area contributed by atoms with E-state index >= 15 is 0 Å². The molecule has 0 radical (unpaired) electrons. The van der Waals surface area contributed by atoms with Gasteiger partial charge in [0, 0.05) is 10.9 Å². The summed E-state index contributed by atoms with van der Waals surface area (Å²) in [5, 5.41) is 2.95. The van der Waals surface area contributed by atoms with Crippen molar-refractivity contribution >= 4 is 34.9 Å². The molecule has 112 valence electrons. The van der Waals surface area contributed by atoms with Gasteiger partial charge in [-0.1, -0.05) is 25.6 Å². The maximum absolute atomic E-state index is 11.8. The molecule has 0 spiro atoms. The summed E-state index contributed by atoms with van der Waals surface area (Å²) in [5.41, 5.74) is 5.99. The molecule has 1 rings (SSSR count). The van der Waals surface area contributed by atoms with Crippen molar-refractivity contribution in [1.82, 2.24) is 10.3 Å². The first kappa shape index (κ1) is 17.0. The number of primary amides is 1. The molecule has 0 aliphatic heterocycles. The van der Waals surface area contributed by atoms with Crippen molar-refractivity contribution in [2.24, 2.45) is 11.7 Å². The zero-order chi connectivity index (χ0) is 15.3. The Hall–Kier alpha value is -1.08. The summed E-state index contributed by atoms with van der Waals surface area (Å²) < 4.78 is 0.797. The number of thioether (sulfide) groups is 1. The SMILES string of the molecule is Cc1nc(SCC(=O)NC(C)C(C)C)sc1CC(N)=O. The lowest BCUT2D eigenvalue weighted by Gasteiger charge is -2.16. The number of nitrogens with one attached hydrogen (secondary N) is 1. The number of hydrogen-bond acceptors (Lipinski definition) is 5. The number of nitrogens with zero attached hydrogens (tertiary/aromatic N) is 1. The average Bonchev–Trinajstić information content (AvgIpc) is 2.66. The van der Waals surface area contributed by atoms with Crippen LogP contribution in [0.25, 0.3) is 0 Å². The molecule has 0 aromatic carbocycles. The Bertz CT molecular complexity index is 486. The molecule has 1 aromatic rings. The fourth-order valence-electron chi connectivity index (χ4n) is 1.37. The summed E-state index contributed by atoms with van der Waals surface area (Å²) in [6.07, 6.45) is 0.209. The molecule has 3 N–H and O–H groups in total. The zero-order valence-corrected chi connectivity index (χ0v) is 13.9. The fourth-order valence-corrected chi connectivity index (χ4v) is 3.43. The molecule has 0 saturated heterocycles. The molecule has 0 bridgehead atoms. The van der Waals surface area contributed by atoms with Crippen LogP contribution >= 0.6 is 23.1 Å². The lowest BCUT2D eigenvalue weighted by Crippen LogP contribution is -2.37. The zero-order valence-electron chi connectivity index (χ0n) is 12.2. The van der Waals surface area contributed by atoms with Gasteiger partial charge in [0.15, 0.2) is 4.34 Å². The van der Waals surface area contributed by atoms with Gasteiger partial charge in [-0.25, -0.2) is 4.98 Å². The van der Waals surface area contributed by atoms with E-state index in [4.69, 9.17) is 5.73 Å². The average molecular weight is 315 g/mol. The standard InChI is InChI=1S/C13H21N3O2S2/c1-7(2)8(3)15-12(18)6-19-13-16-9(4)10(20-13)5-11(14)17/h7-8H,5-6H2,1-4H3,(H2,14,17)(H,15,18). The van der Waals surface area contributed by atoms with E-state index in [1.807, 2.05) is 13.8 Å². The van der Waals surface area contributed by atoms with Crippen LogP contribution in [0.5, 0.6) is 0 Å². The third-order valence-electron chi connectivity index (χ3n) is 2.92. The molecule has 1 heterocycles. The highest BCUT2D eigenvalue weighted by Gasteiger charge is 2.14. The van der Waals surface area contributed by atoms with E-state index in [2.05, 4.69) is 24.1 Å². The molecule has 0 aliphatic rings. The molecule has 5 nitrogen and oxygen atoms in total. The van der Waals surface area contributed by atoms with E-state index in [-0.39, 0.29) is 24.3 Å². The summed E-state index contributed by atoms with van der Waals surface area (Å²) >= 11 is 2.81. The lowest BCUT2D eigenvalue weighted by atomic mass is 10.1. The van der Waals surface area contributed by atoms with Crippen LogP contribution in [-0.2, 0) is 16.0 Å². The Morgan fingerprint density at radius 1 is 1.40 bits per heavy atom. The number of aryl methyl sites for hydroxylation is 1. The summed E-state index contributed by atoms with van der Waals surface area (Å²) in [4.78, 5) is 27.9. The van der Waals surface area contributed by atoms with Crippen LogP contribution in [0.2, 0.25) is 0 Å². The number of rotatable bonds is 7. The molecule has 0 fully saturated rings. The number of nitrogens with two attached hydrogens (primary N) is 1. The van der Waals surface area contributed by atoms with Gasteiger partial charge < -0.3 is 11.1 Å². The first-order chi connectivity index (χ1) is 9.29. The maximum Gasteiger partial charge on any atom is 0.230 e. The molecular weight excluding hydrogens is 294 g/mol. The highest BCUT2D eigenvalue weighted by Crippen LogP contribution is 2.27. The second kappa shape index (κ2) is 7.64. The molecule has 2 amide bonds. The van der Waals surface area contributed by atoms with E-state index in [0.29, 0.717) is 11.7 Å². The molecular formula is C13H21N3O2S2. The van der Waals surface area contributed by atoms with Gasteiger partial charge in [-0.05, 0) is 19.8 Å². The minimum atomic E-state index is -0.364. The molecule has 0 saturated carbocycles. The number of carbonyl (C=O) groups excluding carboxylic acids is 2. The predicted molar refractivity (Wildman–Crippen MR) is 82.9 cm³/mol. The van der Waals surface area contributed by atoms with Crippen molar-refractivity contribution in [3.05, 3.63) is 10.6 Å². The molecule has 7 heteroatoms. The Balaban J connectivity index is 2.49. The highest BCUT2D eigenvalue weighted by atomic mass is 32.2. The van der Waals surface area contributed by atoms with E-state index in [0.717, 1.165) is 14.9 Å². The Morgan fingerprint density at radius 2 is 2.05 bits per heavy atom. The number of amides is 2. The van der Waals surface area contributed by atoms with Gasteiger partial charge in [0.25, 0.3) is 0 Å². The lowest BCUT2D eigenvalue weighted by molar-refractivity contribution is -0.119. The van der Waals surface area contributed by atoms with E-state index in [1.54, 1.807) is 0 Å². The monoisotopic (exact) mass is 315 g/mol. The molecule has 1 aromatic heterocycles. The third kappa shape index (κ3) is 5.50. The minimum absolute atomic E-state index is 0.000467. The second-order valence-electron chi connectivity index (χ2n) is 5.02. The Labute approximate surface area is 127 Å². The van der Waals surface area contributed by atoms with Crippen molar-refractivity contribution < 1.29 is 9.59 Å². The summed E-state index contributed by atoms with van der Waals surface area (Å²) in [7, 11) is 0. The van der Waals surface area contributed by atoms with Gasteiger partial charge in [-0.15, -0.1) is 11.3 Å². The van der Waals surface area contributed by atoms with Crippen LogP contribution in [0.4, 0.5) is 0 Å². The first-order valence-electron chi connectivity index (χ1n) is 6.46. The molecule has 1 atom stereocenters. The minimum Gasteiger partial charge on any atom is -0.369 e. The highest BCUT2D eigenvalue weighted by molar-refractivity contribution is 8.01. The summed E-state index contributed by atoms with van der Waals surface area (Å²) in [6.45, 7) is 7.97. The van der Waals surface area contributed by atoms with Crippen molar-refractivity contribution in [2.45, 2.75) is 44.5 Å². The van der Waals surface area contributed by atoms with Crippen molar-refractivity contribution in [1.29, 1.82) is 0 Å². The van der Waals surface area contributed by atoms with Gasteiger partial charge in [0.2, 0.25) is 11.8 Å². The van der Waals surface area contributed by atoms with E-state index < -0.39 is 0 Å². The summed E-state index contributed by atoms with van der Waals surface area (Å²) in [6, 6.07) is 0.159. The molecule has 1 unspecified atom stereocenters. The van der Waals surface area contributed by atoms with Crippen molar-refractivity contribution in [2.75, 3.05) is 5.75 Å². The topological polar surface area (TPSA) is 85.1 Å². The van der Waals surface area contributed by atoms with Crippen LogP contribution in [0, 0.1) is 12.8 Å². The fraction of sp³-hybridized carbons (Fsp3) is 0.615. The predicted octanol–water partition coefficient (Wildman–Crippen LogP) is 1.73. The van der Waals surface area contributed by atoms with Crippen LogP contribution in [0.15, 0.2) is 4.34 Å². The third-order valence-corrected chi connectivity index (χ3v) is 5.22. The maximum atomic E-state index is 11.8. The van der Waals surface area contributed by atoms with Gasteiger partial charge in [-0.2, -0.15) is 0 Å². The Morgan fingerprint density at radius 3 is 2.60 bits per heavy atom. The largest absolute Gasteiger partial charge is 0.369 e. The number of aromatic nitrogens is 1. The van der Waals surface area contributed by atoms with Crippen LogP contribution in [-0.4, -0.2) is 28.6 Å².